The van der Waals surface area contributed by atoms with Crippen LogP contribution < -0.4 is 5.11 Å². The summed E-state index contributed by atoms with van der Waals surface area (Å²) in [6.45, 7) is 0. The van der Waals surface area contributed by atoms with Gasteiger partial charge < -0.3 is 9.90 Å². The van der Waals surface area contributed by atoms with E-state index in [2.05, 4.69) is 0 Å². The summed E-state index contributed by atoms with van der Waals surface area (Å²) in [6.07, 6.45) is -5.71. The lowest BCUT2D eigenvalue weighted by Crippen LogP contribution is -2.25. The third-order valence-electron chi connectivity index (χ3n) is 1.72. The van der Waals surface area contributed by atoms with Gasteiger partial charge in [0.2, 0.25) is 0 Å². The Morgan fingerprint density at radius 3 is 2.40 bits per heavy atom. The van der Waals surface area contributed by atoms with E-state index < -0.39 is 35.5 Å². The van der Waals surface area contributed by atoms with Crippen molar-refractivity contribution >= 4 is 5.97 Å². The van der Waals surface area contributed by atoms with Gasteiger partial charge in [-0.15, -0.1) is 0 Å². The molecular weight excluding hydrogens is 216 g/mol. The maximum atomic E-state index is 13.1. The minimum absolute atomic E-state index is 0.537. The highest BCUT2D eigenvalue weighted by atomic mass is 19.4. The number of rotatable bonds is 2. The normalized spacial score (nSPS) is 11.5. The van der Waals surface area contributed by atoms with E-state index in [4.69, 9.17) is 0 Å². The number of aliphatic carboxylic acids is 1. The maximum absolute atomic E-state index is 13.1. The van der Waals surface area contributed by atoms with Gasteiger partial charge in [-0.3, -0.25) is 0 Å². The Morgan fingerprint density at radius 1 is 1.33 bits per heavy atom. The van der Waals surface area contributed by atoms with Crippen molar-refractivity contribution in [2.45, 2.75) is 12.6 Å². The summed E-state index contributed by atoms with van der Waals surface area (Å²) < 4.78 is 49.6. The summed E-state index contributed by atoms with van der Waals surface area (Å²) >= 11 is 0. The Morgan fingerprint density at radius 2 is 1.93 bits per heavy atom. The molecule has 15 heavy (non-hydrogen) atoms. The van der Waals surface area contributed by atoms with E-state index >= 15 is 0 Å². The van der Waals surface area contributed by atoms with E-state index in [9.17, 15) is 27.5 Å². The molecule has 0 aliphatic rings. The van der Waals surface area contributed by atoms with Crippen LogP contribution in [-0.4, -0.2) is 5.97 Å². The number of carboxylic acid groups (broad SMARTS) is 1. The van der Waals surface area contributed by atoms with Gasteiger partial charge in [0.1, 0.15) is 5.82 Å². The minimum atomic E-state index is -4.83. The topological polar surface area (TPSA) is 40.1 Å². The van der Waals surface area contributed by atoms with Gasteiger partial charge in [0.15, 0.2) is 0 Å². The molecule has 0 N–H and O–H groups in total. The van der Waals surface area contributed by atoms with E-state index in [-0.39, 0.29) is 0 Å². The monoisotopic (exact) mass is 221 g/mol. The maximum Gasteiger partial charge on any atom is 0.419 e. The van der Waals surface area contributed by atoms with E-state index in [1.807, 2.05) is 0 Å². The first-order valence-corrected chi connectivity index (χ1v) is 3.87. The fourth-order valence-corrected chi connectivity index (χ4v) is 1.09. The second-order valence-electron chi connectivity index (χ2n) is 2.83. The van der Waals surface area contributed by atoms with Gasteiger partial charge in [-0.05, 0) is 11.6 Å². The summed E-state index contributed by atoms with van der Waals surface area (Å²) in [5.74, 6) is -3.19. The molecular formula is C9H5F4O2-. The van der Waals surface area contributed by atoms with Crippen molar-refractivity contribution < 1.29 is 27.5 Å². The first-order valence-electron chi connectivity index (χ1n) is 3.87. The molecule has 1 rings (SSSR count). The highest BCUT2D eigenvalue weighted by Gasteiger charge is 2.34. The molecule has 0 atom stereocenters. The number of hydrogen-bond donors (Lipinski definition) is 0. The standard InChI is InChI=1S/C9H6F4O2/c10-8-5(4-7(14)15)2-1-3-6(8)9(11,12)13/h1-3H,4H2,(H,14,15)/p-1. The molecule has 0 amide bonds. The smallest absolute Gasteiger partial charge is 0.419 e. The molecule has 82 valence electrons. The summed E-state index contributed by atoms with van der Waals surface area (Å²) in [6, 6.07) is 2.47. The number of carboxylic acids is 1. The number of carbonyl (C=O) groups excluding carboxylic acids is 1. The number of carbonyl (C=O) groups is 1. The zero-order valence-electron chi connectivity index (χ0n) is 7.27. The molecule has 0 radical (unpaired) electrons. The van der Waals surface area contributed by atoms with Gasteiger partial charge in [-0.2, -0.15) is 13.2 Å². The van der Waals surface area contributed by atoms with Gasteiger partial charge >= 0.3 is 6.18 Å². The van der Waals surface area contributed by atoms with Crippen molar-refractivity contribution in [2.24, 2.45) is 0 Å². The lowest BCUT2D eigenvalue weighted by Gasteiger charge is -2.11. The summed E-state index contributed by atoms with van der Waals surface area (Å²) in [4.78, 5) is 10.1. The second kappa shape index (κ2) is 3.88. The Bertz CT molecular complexity index is 384. The number of halogens is 4. The molecule has 0 aliphatic heterocycles. The van der Waals surface area contributed by atoms with Crippen molar-refractivity contribution in [1.82, 2.24) is 0 Å². The van der Waals surface area contributed by atoms with Crippen LogP contribution in [0.1, 0.15) is 11.1 Å². The average Bonchev–Trinajstić information content (AvgIpc) is 2.05. The van der Waals surface area contributed by atoms with Gasteiger partial charge in [-0.1, -0.05) is 12.1 Å². The van der Waals surface area contributed by atoms with E-state index in [1.54, 1.807) is 0 Å². The lowest BCUT2D eigenvalue weighted by molar-refractivity contribution is -0.304. The van der Waals surface area contributed by atoms with Gasteiger partial charge in [-0.25, -0.2) is 4.39 Å². The molecule has 1 aromatic carbocycles. The molecule has 0 saturated heterocycles. The molecule has 0 aromatic heterocycles. The highest BCUT2D eigenvalue weighted by molar-refractivity contribution is 5.68. The van der Waals surface area contributed by atoms with Crippen LogP contribution in [0.15, 0.2) is 18.2 Å². The average molecular weight is 221 g/mol. The number of hydrogen-bond acceptors (Lipinski definition) is 2. The fraction of sp³-hybridized carbons (Fsp3) is 0.222. The predicted molar refractivity (Wildman–Crippen MR) is 40.1 cm³/mol. The fourth-order valence-electron chi connectivity index (χ4n) is 1.09. The van der Waals surface area contributed by atoms with Crippen LogP contribution in [0.5, 0.6) is 0 Å². The van der Waals surface area contributed by atoms with Crippen molar-refractivity contribution in [3.63, 3.8) is 0 Å². The van der Waals surface area contributed by atoms with Crippen molar-refractivity contribution in [1.29, 1.82) is 0 Å². The van der Waals surface area contributed by atoms with Crippen LogP contribution in [0.4, 0.5) is 17.6 Å². The molecule has 0 aliphatic carbocycles. The molecule has 0 spiro atoms. The summed E-state index contributed by atoms with van der Waals surface area (Å²) in [5.41, 5.74) is -2.01. The van der Waals surface area contributed by atoms with Crippen molar-refractivity contribution in [3.8, 4) is 0 Å². The Hall–Kier alpha value is -1.59. The van der Waals surface area contributed by atoms with Crippen LogP contribution in [0.2, 0.25) is 0 Å². The zero-order chi connectivity index (χ0) is 11.6. The quantitative estimate of drug-likeness (QED) is 0.702. The first kappa shape index (κ1) is 11.5. The summed E-state index contributed by atoms with van der Waals surface area (Å²) in [5, 5.41) is 10.1. The zero-order valence-corrected chi connectivity index (χ0v) is 7.27. The van der Waals surface area contributed by atoms with Crippen LogP contribution in [0, 0.1) is 5.82 Å². The molecule has 0 fully saturated rings. The van der Waals surface area contributed by atoms with E-state index in [0.717, 1.165) is 12.1 Å². The highest BCUT2D eigenvalue weighted by Crippen LogP contribution is 2.32. The molecule has 2 nitrogen and oxygen atoms in total. The Kier molecular flexibility index (Phi) is 2.97. The van der Waals surface area contributed by atoms with Crippen molar-refractivity contribution in [2.75, 3.05) is 0 Å². The summed E-state index contributed by atoms with van der Waals surface area (Å²) in [7, 11) is 0. The first-order chi connectivity index (χ1) is 6.82. The van der Waals surface area contributed by atoms with Gasteiger partial charge in [0.25, 0.3) is 0 Å². The third-order valence-corrected chi connectivity index (χ3v) is 1.72. The predicted octanol–water partition coefficient (Wildman–Crippen LogP) is 1.14. The van der Waals surface area contributed by atoms with E-state index in [0.29, 0.717) is 6.07 Å². The van der Waals surface area contributed by atoms with Crippen LogP contribution in [0.25, 0.3) is 0 Å². The second-order valence-corrected chi connectivity index (χ2v) is 2.83. The molecule has 0 heterocycles. The molecule has 1 aromatic rings. The largest absolute Gasteiger partial charge is 0.550 e. The van der Waals surface area contributed by atoms with Gasteiger partial charge in [0, 0.05) is 12.4 Å². The van der Waals surface area contributed by atoms with Gasteiger partial charge in [0.05, 0.1) is 5.56 Å². The van der Waals surface area contributed by atoms with E-state index in [1.165, 1.54) is 0 Å². The Balaban J connectivity index is 3.17. The number of alkyl halides is 3. The molecule has 0 bridgehead atoms. The Labute approximate surface area is 82.1 Å². The van der Waals surface area contributed by atoms with Crippen molar-refractivity contribution in [3.05, 3.63) is 35.1 Å². The van der Waals surface area contributed by atoms with Crippen LogP contribution >= 0.6 is 0 Å². The van der Waals surface area contributed by atoms with Crippen LogP contribution in [0.3, 0.4) is 0 Å². The molecule has 0 unspecified atom stereocenters. The van der Waals surface area contributed by atoms with Crippen LogP contribution in [-0.2, 0) is 17.4 Å². The minimum Gasteiger partial charge on any atom is -0.550 e. The number of benzene rings is 1. The lowest BCUT2D eigenvalue weighted by atomic mass is 10.1. The SMILES string of the molecule is O=C([O-])Cc1cccc(C(F)(F)F)c1F. The third kappa shape index (κ3) is 2.68. The molecule has 6 heteroatoms. The molecule has 0 saturated carbocycles.